The number of amides is 2. The van der Waals surface area contributed by atoms with Gasteiger partial charge in [-0.1, -0.05) is 18.2 Å². The molecule has 2 aliphatic rings. The predicted molar refractivity (Wildman–Crippen MR) is 87.6 cm³/mol. The van der Waals surface area contributed by atoms with Crippen molar-refractivity contribution in [2.24, 2.45) is 0 Å². The zero-order chi connectivity index (χ0) is 17.2. The maximum Gasteiger partial charge on any atom is 0.245 e. The zero-order valence-corrected chi connectivity index (χ0v) is 13.7. The van der Waals surface area contributed by atoms with E-state index in [9.17, 15) is 9.59 Å². The van der Waals surface area contributed by atoms with E-state index in [1.807, 2.05) is 30.3 Å². The maximum absolute atomic E-state index is 12.5. The Balaban J connectivity index is 1.39. The molecule has 25 heavy (non-hydrogen) atoms. The molecule has 1 fully saturated rings. The molecule has 7 heteroatoms. The van der Waals surface area contributed by atoms with Crippen LogP contribution in [0.15, 0.2) is 34.7 Å². The van der Waals surface area contributed by atoms with Crippen molar-refractivity contribution in [3.8, 4) is 5.75 Å². The number of hydrogen-bond acceptors (Lipinski definition) is 5. The van der Waals surface area contributed by atoms with E-state index in [-0.39, 0.29) is 18.4 Å². The molecule has 1 aromatic carbocycles. The van der Waals surface area contributed by atoms with Crippen molar-refractivity contribution in [1.82, 2.24) is 15.2 Å². The molecule has 1 aromatic heterocycles. The van der Waals surface area contributed by atoms with Crippen molar-refractivity contribution in [1.29, 1.82) is 0 Å². The Kier molecular flexibility index (Phi) is 4.13. The average Bonchev–Trinajstić information content (AvgIpc) is 3.25. The molecule has 1 unspecified atom stereocenters. The van der Waals surface area contributed by atoms with Gasteiger partial charge in [0, 0.05) is 19.4 Å². The van der Waals surface area contributed by atoms with Gasteiger partial charge in [0.2, 0.25) is 17.7 Å². The third kappa shape index (κ3) is 3.35. The molecule has 0 bridgehead atoms. The van der Waals surface area contributed by atoms with Crippen LogP contribution in [0.4, 0.5) is 0 Å². The molecule has 2 amide bonds. The Morgan fingerprint density at radius 2 is 2.16 bits per heavy atom. The van der Waals surface area contributed by atoms with Crippen LogP contribution in [0, 0.1) is 0 Å². The molecule has 7 nitrogen and oxygen atoms in total. The lowest BCUT2D eigenvalue weighted by atomic mass is 10.1. The van der Waals surface area contributed by atoms with Crippen LogP contribution >= 0.6 is 0 Å². The summed E-state index contributed by atoms with van der Waals surface area (Å²) in [6.07, 6.45) is 1.63. The standard InChI is InChI=1S/C18H19N3O4/c22-16-7-6-14(19-16)18(23)21-9-8-13-15(10-21)25-17(20-13)11-24-12-4-2-1-3-5-12/h1-5,14H,6-11H2,(H,19,22). The van der Waals surface area contributed by atoms with Crippen LogP contribution in [0.2, 0.25) is 0 Å². The van der Waals surface area contributed by atoms with E-state index < -0.39 is 6.04 Å². The number of ether oxygens (including phenoxy) is 1. The summed E-state index contributed by atoms with van der Waals surface area (Å²) in [5.74, 6) is 1.87. The highest BCUT2D eigenvalue weighted by Gasteiger charge is 2.33. The normalized spacial score (nSPS) is 19.4. The minimum atomic E-state index is -0.405. The number of carbonyl (C=O) groups is 2. The summed E-state index contributed by atoms with van der Waals surface area (Å²) in [5.41, 5.74) is 0.881. The summed E-state index contributed by atoms with van der Waals surface area (Å²) in [6, 6.07) is 9.08. The van der Waals surface area contributed by atoms with Gasteiger partial charge in [-0.15, -0.1) is 0 Å². The van der Waals surface area contributed by atoms with Crippen LogP contribution in [0.1, 0.15) is 30.2 Å². The average molecular weight is 341 g/mol. The van der Waals surface area contributed by atoms with E-state index in [0.29, 0.717) is 44.0 Å². The molecule has 0 aliphatic carbocycles. The fourth-order valence-corrected chi connectivity index (χ4v) is 3.18. The van der Waals surface area contributed by atoms with Crippen molar-refractivity contribution in [2.75, 3.05) is 6.54 Å². The maximum atomic E-state index is 12.5. The molecule has 4 rings (SSSR count). The first kappa shape index (κ1) is 15.7. The number of benzene rings is 1. The van der Waals surface area contributed by atoms with Crippen LogP contribution in [-0.2, 0) is 29.2 Å². The number of hydrogen-bond donors (Lipinski definition) is 1. The van der Waals surface area contributed by atoms with Crippen molar-refractivity contribution in [3.05, 3.63) is 47.7 Å². The number of nitrogens with one attached hydrogen (secondary N) is 1. The van der Waals surface area contributed by atoms with Gasteiger partial charge in [-0.25, -0.2) is 4.98 Å². The summed E-state index contributed by atoms with van der Waals surface area (Å²) >= 11 is 0. The first-order valence-electron chi connectivity index (χ1n) is 8.42. The molecule has 2 aliphatic heterocycles. The van der Waals surface area contributed by atoms with Crippen molar-refractivity contribution in [2.45, 2.75) is 38.5 Å². The fourth-order valence-electron chi connectivity index (χ4n) is 3.18. The Bertz CT molecular complexity index is 787. The van der Waals surface area contributed by atoms with Crippen LogP contribution in [0.25, 0.3) is 0 Å². The summed E-state index contributed by atoms with van der Waals surface area (Å²) in [6.45, 7) is 1.23. The molecule has 0 saturated carbocycles. The minimum absolute atomic E-state index is 0.0463. The lowest BCUT2D eigenvalue weighted by Crippen LogP contribution is -2.46. The van der Waals surface area contributed by atoms with E-state index in [1.165, 1.54) is 0 Å². The number of oxazole rings is 1. The number of carbonyl (C=O) groups excluding carboxylic acids is 2. The molecular weight excluding hydrogens is 322 g/mol. The lowest BCUT2D eigenvalue weighted by molar-refractivity contribution is -0.135. The Labute approximate surface area is 145 Å². The number of fused-ring (bicyclic) bond motifs is 1. The quantitative estimate of drug-likeness (QED) is 0.909. The molecular formula is C18H19N3O4. The van der Waals surface area contributed by atoms with Crippen LogP contribution < -0.4 is 10.1 Å². The van der Waals surface area contributed by atoms with Gasteiger partial charge in [0.1, 0.15) is 17.6 Å². The zero-order valence-electron chi connectivity index (χ0n) is 13.7. The molecule has 0 spiro atoms. The molecule has 1 saturated heterocycles. The SMILES string of the molecule is O=C1CCC(C(=O)N2CCc3nc(COc4ccccc4)oc3C2)N1. The van der Waals surface area contributed by atoms with Crippen molar-refractivity contribution >= 4 is 11.8 Å². The van der Waals surface area contributed by atoms with Crippen LogP contribution in [0.3, 0.4) is 0 Å². The Hall–Kier alpha value is -2.83. The van der Waals surface area contributed by atoms with Gasteiger partial charge < -0.3 is 19.4 Å². The molecule has 1 N–H and O–H groups in total. The highest BCUT2D eigenvalue weighted by molar-refractivity contribution is 5.90. The summed E-state index contributed by atoms with van der Waals surface area (Å²) in [7, 11) is 0. The van der Waals surface area contributed by atoms with Gasteiger partial charge in [-0.3, -0.25) is 9.59 Å². The van der Waals surface area contributed by atoms with E-state index >= 15 is 0 Å². The van der Waals surface area contributed by atoms with Crippen LogP contribution in [0.5, 0.6) is 5.75 Å². The minimum Gasteiger partial charge on any atom is -0.484 e. The Morgan fingerprint density at radius 1 is 1.32 bits per heavy atom. The highest BCUT2D eigenvalue weighted by atomic mass is 16.5. The van der Waals surface area contributed by atoms with Crippen molar-refractivity contribution < 1.29 is 18.7 Å². The summed E-state index contributed by atoms with van der Waals surface area (Å²) < 4.78 is 11.4. The molecule has 0 radical (unpaired) electrons. The van der Waals surface area contributed by atoms with Gasteiger partial charge in [-0.05, 0) is 18.6 Å². The van der Waals surface area contributed by atoms with E-state index in [4.69, 9.17) is 9.15 Å². The molecule has 130 valence electrons. The van der Waals surface area contributed by atoms with Crippen LogP contribution in [-0.4, -0.2) is 34.3 Å². The van der Waals surface area contributed by atoms with Gasteiger partial charge in [0.25, 0.3) is 0 Å². The number of para-hydroxylation sites is 1. The summed E-state index contributed by atoms with van der Waals surface area (Å²) in [4.78, 5) is 30.0. The molecule has 2 aromatic rings. The highest BCUT2D eigenvalue weighted by Crippen LogP contribution is 2.22. The number of rotatable bonds is 4. The third-order valence-corrected chi connectivity index (χ3v) is 4.49. The second kappa shape index (κ2) is 6.58. The molecule has 1 atom stereocenters. The van der Waals surface area contributed by atoms with Gasteiger partial charge in [0.15, 0.2) is 6.61 Å². The second-order valence-corrected chi connectivity index (χ2v) is 6.25. The van der Waals surface area contributed by atoms with E-state index in [1.54, 1.807) is 4.90 Å². The van der Waals surface area contributed by atoms with Crippen molar-refractivity contribution in [3.63, 3.8) is 0 Å². The van der Waals surface area contributed by atoms with E-state index in [0.717, 1.165) is 11.4 Å². The van der Waals surface area contributed by atoms with Gasteiger partial charge in [-0.2, -0.15) is 0 Å². The summed E-state index contributed by atoms with van der Waals surface area (Å²) in [5, 5.41) is 2.72. The smallest absolute Gasteiger partial charge is 0.245 e. The largest absolute Gasteiger partial charge is 0.484 e. The monoisotopic (exact) mass is 341 g/mol. The number of aromatic nitrogens is 1. The van der Waals surface area contributed by atoms with Gasteiger partial charge >= 0.3 is 0 Å². The third-order valence-electron chi connectivity index (χ3n) is 4.49. The second-order valence-electron chi connectivity index (χ2n) is 6.25. The lowest BCUT2D eigenvalue weighted by Gasteiger charge is -2.27. The van der Waals surface area contributed by atoms with Gasteiger partial charge in [0.05, 0.1) is 12.2 Å². The first-order chi connectivity index (χ1) is 12.2. The predicted octanol–water partition coefficient (Wildman–Crippen LogP) is 1.42. The topological polar surface area (TPSA) is 84.7 Å². The first-order valence-corrected chi connectivity index (χ1v) is 8.42. The Morgan fingerprint density at radius 3 is 2.92 bits per heavy atom. The number of nitrogens with zero attached hydrogens (tertiary/aromatic N) is 2. The molecule has 3 heterocycles. The van der Waals surface area contributed by atoms with E-state index in [2.05, 4.69) is 10.3 Å². The fraction of sp³-hybridized carbons (Fsp3) is 0.389.